The van der Waals surface area contributed by atoms with E-state index in [1.807, 2.05) is 13.0 Å². The molecular formula is C14H17ClO3. The summed E-state index contributed by atoms with van der Waals surface area (Å²) in [6, 6.07) is 5.36. The van der Waals surface area contributed by atoms with Crippen molar-refractivity contribution in [2.75, 3.05) is 12.5 Å². The zero-order valence-electron chi connectivity index (χ0n) is 10.7. The maximum atomic E-state index is 11.7. The van der Waals surface area contributed by atoms with E-state index < -0.39 is 0 Å². The van der Waals surface area contributed by atoms with E-state index in [2.05, 4.69) is 0 Å². The summed E-state index contributed by atoms with van der Waals surface area (Å²) in [4.78, 5) is 23.0. The Labute approximate surface area is 112 Å². The quantitative estimate of drug-likeness (QED) is 0.589. The first-order valence-corrected chi connectivity index (χ1v) is 6.52. The predicted octanol–water partition coefficient (Wildman–Crippen LogP) is 2.78. The minimum Gasteiger partial charge on any atom is -0.462 e. The molecule has 0 radical (unpaired) electrons. The normalized spacial score (nSPS) is 10.2. The summed E-state index contributed by atoms with van der Waals surface area (Å²) in [6.07, 6.45) is 1.02. The molecule has 18 heavy (non-hydrogen) atoms. The number of carbonyl (C=O) groups is 2. The Morgan fingerprint density at radius 2 is 2.00 bits per heavy atom. The number of Topliss-reactive ketones (excluding diaryl/α,β-unsaturated/α-hetero) is 1. The summed E-state index contributed by atoms with van der Waals surface area (Å²) >= 11 is 5.47. The Kier molecular flexibility index (Phi) is 5.86. The van der Waals surface area contributed by atoms with E-state index in [0.717, 1.165) is 17.5 Å². The molecule has 0 aromatic heterocycles. The van der Waals surface area contributed by atoms with Gasteiger partial charge in [0.2, 0.25) is 0 Å². The van der Waals surface area contributed by atoms with Gasteiger partial charge >= 0.3 is 5.97 Å². The molecule has 0 aliphatic carbocycles. The number of rotatable bonds is 6. The third-order valence-corrected chi connectivity index (χ3v) is 2.89. The van der Waals surface area contributed by atoms with Crippen molar-refractivity contribution in [2.45, 2.75) is 26.7 Å². The molecular weight excluding hydrogens is 252 g/mol. The predicted molar refractivity (Wildman–Crippen MR) is 71.2 cm³/mol. The first-order valence-electron chi connectivity index (χ1n) is 5.98. The van der Waals surface area contributed by atoms with Gasteiger partial charge < -0.3 is 4.74 Å². The molecule has 0 heterocycles. The van der Waals surface area contributed by atoms with Crippen LogP contribution in [0.5, 0.6) is 0 Å². The summed E-state index contributed by atoms with van der Waals surface area (Å²) in [6.45, 7) is 4.09. The third-order valence-electron chi connectivity index (χ3n) is 2.60. The molecule has 98 valence electrons. The molecule has 0 N–H and O–H groups in total. The molecule has 0 saturated carbocycles. The van der Waals surface area contributed by atoms with E-state index in [0.29, 0.717) is 18.6 Å². The van der Waals surface area contributed by atoms with E-state index in [9.17, 15) is 9.59 Å². The van der Waals surface area contributed by atoms with Crippen LogP contribution in [0.4, 0.5) is 0 Å². The maximum absolute atomic E-state index is 11.7. The van der Waals surface area contributed by atoms with Crippen LogP contribution >= 0.6 is 11.6 Å². The van der Waals surface area contributed by atoms with Crippen LogP contribution < -0.4 is 0 Å². The lowest BCUT2D eigenvalue weighted by atomic mass is 9.99. The van der Waals surface area contributed by atoms with Crippen LogP contribution in [0, 0.1) is 0 Å². The van der Waals surface area contributed by atoms with Gasteiger partial charge in [-0.3, -0.25) is 4.79 Å². The average Bonchev–Trinajstić information content (AvgIpc) is 2.38. The number of ether oxygens (including phenoxy) is 1. The molecule has 4 heteroatoms. The molecule has 0 bridgehead atoms. The SMILES string of the molecule is CCOC(=O)c1ccc(CC(=O)CCl)cc1CC. The van der Waals surface area contributed by atoms with E-state index in [-0.39, 0.29) is 17.6 Å². The van der Waals surface area contributed by atoms with Gasteiger partial charge in [0.1, 0.15) is 0 Å². The van der Waals surface area contributed by atoms with E-state index in [1.54, 1.807) is 19.1 Å². The number of ketones is 1. The number of alkyl halides is 1. The van der Waals surface area contributed by atoms with Crippen molar-refractivity contribution in [1.82, 2.24) is 0 Å². The maximum Gasteiger partial charge on any atom is 0.338 e. The molecule has 3 nitrogen and oxygen atoms in total. The second kappa shape index (κ2) is 7.17. The fraction of sp³-hybridized carbons (Fsp3) is 0.429. The van der Waals surface area contributed by atoms with Gasteiger partial charge in [0.25, 0.3) is 0 Å². The van der Waals surface area contributed by atoms with E-state index in [1.165, 1.54) is 0 Å². The van der Waals surface area contributed by atoms with Crippen LogP contribution in [0.3, 0.4) is 0 Å². The largest absolute Gasteiger partial charge is 0.462 e. The topological polar surface area (TPSA) is 43.4 Å². The highest BCUT2D eigenvalue weighted by Crippen LogP contribution is 2.15. The Bertz CT molecular complexity index is 441. The number of aryl methyl sites for hydroxylation is 1. The lowest BCUT2D eigenvalue weighted by Gasteiger charge is -2.09. The van der Waals surface area contributed by atoms with Crippen LogP contribution in [-0.4, -0.2) is 24.2 Å². The Hall–Kier alpha value is -1.35. The first-order chi connectivity index (χ1) is 8.62. The molecule has 0 fully saturated rings. The highest BCUT2D eigenvalue weighted by Gasteiger charge is 2.12. The molecule has 1 aromatic rings. The number of esters is 1. The summed E-state index contributed by atoms with van der Waals surface area (Å²) in [7, 11) is 0. The van der Waals surface area contributed by atoms with Crippen LogP contribution in [0.2, 0.25) is 0 Å². The summed E-state index contributed by atoms with van der Waals surface area (Å²) < 4.78 is 4.99. The van der Waals surface area contributed by atoms with Gasteiger partial charge in [0.15, 0.2) is 5.78 Å². The minimum atomic E-state index is -0.315. The molecule has 1 aromatic carbocycles. The number of hydrogen-bond donors (Lipinski definition) is 0. The molecule has 0 aliphatic heterocycles. The number of hydrogen-bond acceptors (Lipinski definition) is 3. The second-order valence-corrected chi connectivity index (χ2v) is 4.18. The van der Waals surface area contributed by atoms with Gasteiger partial charge in [-0.2, -0.15) is 0 Å². The number of halogens is 1. The zero-order valence-corrected chi connectivity index (χ0v) is 11.4. The molecule has 0 atom stereocenters. The van der Waals surface area contributed by atoms with Crippen molar-refractivity contribution < 1.29 is 14.3 Å². The van der Waals surface area contributed by atoms with Crippen molar-refractivity contribution in [3.63, 3.8) is 0 Å². The summed E-state index contributed by atoms with van der Waals surface area (Å²) in [5, 5.41) is 0. The third kappa shape index (κ3) is 3.84. The second-order valence-electron chi connectivity index (χ2n) is 3.91. The molecule has 0 saturated heterocycles. The lowest BCUT2D eigenvalue weighted by Crippen LogP contribution is -2.10. The van der Waals surface area contributed by atoms with Crippen molar-refractivity contribution in [2.24, 2.45) is 0 Å². The van der Waals surface area contributed by atoms with Crippen molar-refractivity contribution in [3.05, 3.63) is 34.9 Å². The van der Waals surface area contributed by atoms with Gasteiger partial charge in [-0.1, -0.05) is 19.1 Å². The molecule has 0 unspecified atom stereocenters. The fourth-order valence-electron chi connectivity index (χ4n) is 1.73. The molecule has 0 amide bonds. The van der Waals surface area contributed by atoms with Crippen molar-refractivity contribution in [1.29, 1.82) is 0 Å². The highest BCUT2D eigenvalue weighted by atomic mass is 35.5. The van der Waals surface area contributed by atoms with Gasteiger partial charge in [-0.15, -0.1) is 11.6 Å². The first kappa shape index (κ1) is 14.7. The number of carbonyl (C=O) groups excluding carboxylic acids is 2. The monoisotopic (exact) mass is 268 g/mol. The highest BCUT2D eigenvalue weighted by molar-refractivity contribution is 6.27. The van der Waals surface area contributed by atoms with Crippen molar-refractivity contribution in [3.8, 4) is 0 Å². The van der Waals surface area contributed by atoms with E-state index in [4.69, 9.17) is 16.3 Å². The van der Waals surface area contributed by atoms with Gasteiger partial charge in [-0.05, 0) is 30.5 Å². The Morgan fingerprint density at radius 1 is 1.28 bits per heavy atom. The van der Waals surface area contributed by atoms with Crippen LogP contribution in [0.15, 0.2) is 18.2 Å². The van der Waals surface area contributed by atoms with Crippen LogP contribution in [0.1, 0.15) is 35.3 Å². The average molecular weight is 269 g/mol. The molecule has 0 aliphatic rings. The molecule has 1 rings (SSSR count). The Morgan fingerprint density at radius 3 is 2.56 bits per heavy atom. The lowest BCUT2D eigenvalue weighted by molar-refractivity contribution is -0.116. The number of benzene rings is 1. The summed E-state index contributed by atoms with van der Waals surface area (Å²) in [5.41, 5.74) is 2.35. The molecule has 0 spiro atoms. The van der Waals surface area contributed by atoms with Crippen LogP contribution in [0.25, 0.3) is 0 Å². The van der Waals surface area contributed by atoms with Crippen molar-refractivity contribution >= 4 is 23.4 Å². The van der Waals surface area contributed by atoms with Gasteiger partial charge in [-0.25, -0.2) is 4.79 Å². The van der Waals surface area contributed by atoms with E-state index >= 15 is 0 Å². The van der Waals surface area contributed by atoms with Gasteiger partial charge in [0.05, 0.1) is 18.1 Å². The van der Waals surface area contributed by atoms with Crippen LogP contribution in [-0.2, 0) is 22.4 Å². The standard InChI is InChI=1S/C14H17ClO3/c1-3-11-7-10(8-12(16)9-15)5-6-13(11)14(17)18-4-2/h5-7H,3-4,8-9H2,1-2H3. The summed E-state index contributed by atoms with van der Waals surface area (Å²) in [5.74, 6) is -0.326. The fourth-order valence-corrected chi connectivity index (χ4v) is 1.83. The minimum absolute atomic E-state index is 0.0150. The smallest absolute Gasteiger partial charge is 0.338 e. The zero-order chi connectivity index (χ0) is 13.5. The Balaban J connectivity index is 2.96. The van der Waals surface area contributed by atoms with Gasteiger partial charge in [0, 0.05) is 6.42 Å².